The zero-order chi connectivity index (χ0) is 9.84. The molecule has 3 heteroatoms. The van der Waals surface area contributed by atoms with Crippen LogP contribution in [0.15, 0.2) is 0 Å². The summed E-state index contributed by atoms with van der Waals surface area (Å²) in [7, 11) is 1.57. The van der Waals surface area contributed by atoms with Crippen molar-refractivity contribution >= 4 is 5.91 Å². The molecule has 1 aliphatic rings. The summed E-state index contributed by atoms with van der Waals surface area (Å²) in [5.41, 5.74) is 0. The number of likely N-dealkylation sites (tertiary alicyclic amines) is 1. The number of hydrogen-bond acceptors (Lipinski definition) is 2. The quantitative estimate of drug-likeness (QED) is 0.663. The highest BCUT2D eigenvalue weighted by Crippen LogP contribution is 2.23. The molecule has 1 amide bonds. The maximum absolute atomic E-state index is 11.6. The second kappa shape index (κ2) is 4.61. The lowest BCUT2D eigenvalue weighted by molar-refractivity contribution is -0.136. The van der Waals surface area contributed by atoms with Gasteiger partial charge in [0.25, 0.3) is 0 Å². The lowest BCUT2D eigenvalue weighted by Crippen LogP contribution is -2.40. The van der Waals surface area contributed by atoms with E-state index in [1.165, 1.54) is 0 Å². The van der Waals surface area contributed by atoms with Gasteiger partial charge in [-0.1, -0.05) is 13.8 Å². The van der Waals surface area contributed by atoms with Gasteiger partial charge in [0.05, 0.1) is 0 Å². The van der Waals surface area contributed by atoms with E-state index >= 15 is 0 Å². The summed E-state index contributed by atoms with van der Waals surface area (Å²) in [6.45, 7) is 5.47. The van der Waals surface area contributed by atoms with Crippen LogP contribution in [0, 0.1) is 5.92 Å². The van der Waals surface area contributed by atoms with E-state index in [1.54, 1.807) is 7.11 Å². The molecule has 0 saturated carbocycles. The molecule has 3 nitrogen and oxygen atoms in total. The number of nitrogens with zero attached hydrogens (tertiary/aromatic N) is 1. The molecule has 1 rings (SSSR count). The Bertz CT molecular complexity index is 180. The van der Waals surface area contributed by atoms with Crippen molar-refractivity contribution in [3.05, 3.63) is 0 Å². The molecule has 0 aliphatic carbocycles. The zero-order valence-electron chi connectivity index (χ0n) is 8.75. The van der Waals surface area contributed by atoms with E-state index < -0.39 is 0 Å². The summed E-state index contributed by atoms with van der Waals surface area (Å²) in [6, 6.07) is 0.433. The predicted molar refractivity (Wildman–Crippen MR) is 51.4 cm³/mol. The summed E-state index contributed by atoms with van der Waals surface area (Å²) < 4.78 is 4.85. The third-order valence-electron chi connectivity index (χ3n) is 2.66. The summed E-state index contributed by atoms with van der Waals surface area (Å²) in [5.74, 6) is 0.696. The molecule has 1 unspecified atom stereocenters. The van der Waals surface area contributed by atoms with Crippen molar-refractivity contribution in [1.82, 2.24) is 4.90 Å². The van der Waals surface area contributed by atoms with Gasteiger partial charge >= 0.3 is 0 Å². The van der Waals surface area contributed by atoms with Crippen LogP contribution in [0.5, 0.6) is 0 Å². The molecule has 0 spiro atoms. The van der Waals surface area contributed by atoms with E-state index in [0.29, 0.717) is 12.0 Å². The molecule has 0 bridgehead atoms. The monoisotopic (exact) mass is 185 g/mol. The lowest BCUT2D eigenvalue weighted by Gasteiger charge is -2.27. The fraction of sp³-hybridized carbons (Fsp3) is 0.900. The van der Waals surface area contributed by atoms with Gasteiger partial charge in [-0.15, -0.1) is 0 Å². The summed E-state index contributed by atoms with van der Waals surface area (Å²) >= 11 is 0. The number of ether oxygens (including phenoxy) is 1. The van der Waals surface area contributed by atoms with Gasteiger partial charge < -0.3 is 9.64 Å². The normalized spacial score (nSPS) is 22.8. The minimum absolute atomic E-state index is 0.138. The van der Waals surface area contributed by atoms with Crippen molar-refractivity contribution in [2.24, 2.45) is 5.92 Å². The fourth-order valence-electron chi connectivity index (χ4n) is 2.00. The average molecular weight is 185 g/mol. The van der Waals surface area contributed by atoms with Gasteiger partial charge in [0.2, 0.25) is 5.91 Å². The van der Waals surface area contributed by atoms with Gasteiger partial charge in [-0.25, -0.2) is 0 Å². The van der Waals surface area contributed by atoms with Crippen molar-refractivity contribution in [2.75, 3.05) is 20.3 Å². The molecule has 1 fully saturated rings. The Labute approximate surface area is 80.1 Å². The Morgan fingerprint density at radius 1 is 1.62 bits per heavy atom. The number of amides is 1. The van der Waals surface area contributed by atoms with Crippen LogP contribution in [0.25, 0.3) is 0 Å². The van der Waals surface area contributed by atoms with E-state index in [4.69, 9.17) is 4.74 Å². The summed E-state index contributed by atoms with van der Waals surface area (Å²) in [6.07, 6.45) is 2.28. The first-order valence-corrected chi connectivity index (χ1v) is 4.95. The fourth-order valence-corrected chi connectivity index (χ4v) is 2.00. The van der Waals surface area contributed by atoms with Crippen LogP contribution in [0.2, 0.25) is 0 Å². The van der Waals surface area contributed by atoms with Crippen molar-refractivity contribution in [3.8, 4) is 0 Å². The van der Waals surface area contributed by atoms with Gasteiger partial charge in [-0.05, 0) is 18.8 Å². The zero-order valence-corrected chi connectivity index (χ0v) is 8.75. The first-order chi connectivity index (χ1) is 6.16. The molecule has 1 aliphatic heterocycles. The first-order valence-electron chi connectivity index (χ1n) is 4.95. The molecular weight excluding hydrogens is 166 g/mol. The number of methoxy groups -OCH3 is 1. The minimum atomic E-state index is 0.138. The van der Waals surface area contributed by atoms with Gasteiger partial charge in [0.15, 0.2) is 0 Å². The number of carbonyl (C=O) groups excluding carboxylic acids is 1. The van der Waals surface area contributed by atoms with Gasteiger partial charge in [0, 0.05) is 19.7 Å². The van der Waals surface area contributed by atoms with Crippen LogP contribution in [0.1, 0.15) is 26.7 Å². The minimum Gasteiger partial charge on any atom is -0.375 e. The van der Waals surface area contributed by atoms with Crippen molar-refractivity contribution in [1.29, 1.82) is 0 Å². The standard InChI is InChI=1S/C10H19NO2/c1-8(2)9-5-4-6-11(9)10(12)7-13-3/h8-9H,4-7H2,1-3H3. The number of hydrogen-bond donors (Lipinski definition) is 0. The summed E-state index contributed by atoms with van der Waals surface area (Å²) in [5, 5.41) is 0. The van der Waals surface area contributed by atoms with Gasteiger partial charge in [-0.3, -0.25) is 4.79 Å². The van der Waals surface area contributed by atoms with Crippen LogP contribution < -0.4 is 0 Å². The van der Waals surface area contributed by atoms with Crippen LogP contribution in [0.4, 0.5) is 0 Å². The molecule has 1 atom stereocenters. The second-order valence-electron chi connectivity index (χ2n) is 3.97. The topological polar surface area (TPSA) is 29.5 Å². The number of carbonyl (C=O) groups is 1. The molecule has 0 aromatic heterocycles. The van der Waals surface area contributed by atoms with Crippen LogP contribution in [0.3, 0.4) is 0 Å². The Morgan fingerprint density at radius 3 is 2.85 bits per heavy atom. The van der Waals surface area contributed by atoms with E-state index in [1.807, 2.05) is 4.90 Å². The molecular formula is C10H19NO2. The van der Waals surface area contributed by atoms with E-state index in [9.17, 15) is 4.79 Å². The molecule has 0 N–H and O–H groups in total. The number of rotatable bonds is 3. The van der Waals surface area contributed by atoms with Crippen LogP contribution >= 0.6 is 0 Å². The van der Waals surface area contributed by atoms with Crippen molar-refractivity contribution in [3.63, 3.8) is 0 Å². The lowest BCUT2D eigenvalue weighted by atomic mass is 10.0. The SMILES string of the molecule is COCC(=O)N1CCCC1C(C)C. The molecule has 76 valence electrons. The Hall–Kier alpha value is -0.570. The predicted octanol–water partition coefficient (Wildman–Crippen LogP) is 1.28. The maximum atomic E-state index is 11.6. The van der Waals surface area contributed by atoms with Crippen molar-refractivity contribution < 1.29 is 9.53 Å². The van der Waals surface area contributed by atoms with Gasteiger partial charge in [-0.2, -0.15) is 0 Å². The average Bonchev–Trinajstić information content (AvgIpc) is 2.52. The molecule has 13 heavy (non-hydrogen) atoms. The summed E-state index contributed by atoms with van der Waals surface area (Å²) in [4.78, 5) is 13.5. The molecule has 0 aromatic carbocycles. The smallest absolute Gasteiger partial charge is 0.248 e. The van der Waals surface area contributed by atoms with Gasteiger partial charge in [0.1, 0.15) is 6.61 Å². The second-order valence-corrected chi connectivity index (χ2v) is 3.97. The third-order valence-corrected chi connectivity index (χ3v) is 2.66. The van der Waals surface area contributed by atoms with E-state index in [-0.39, 0.29) is 12.5 Å². The van der Waals surface area contributed by atoms with E-state index in [0.717, 1.165) is 19.4 Å². The van der Waals surface area contributed by atoms with E-state index in [2.05, 4.69) is 13.8 Å². The molecule has 1 heterocycles. The molecule has 1 saturated heterocycles. The van der Waals surface area contributed by atoms with Crippen molar-refractivity contribution in [2.45, 2.75) is 32.7 Å². The molecule has 0 aromatic rings. The Kier molecular flexibility index (Phi) is 3.72. The maximum Gasteiger partial charge on any atom is 0.248 e. The highest BCUT2D eigenvalue weighted by molar-refractivity contribution is 5.78. The Morgan fingerprint density at radius 2 is 2.31 bits per heavy atom. The highest BCUT2D eigenvalue weighted by atomic mass is 16.5. The molecule has 0 radical (unpaired) electrons. The Balaban J connectivity index is 2.52. The highest BCUT2D eigenvalue weighted by Gasteiger charge is 2.30. The van der Waals surface area contributed by atoms with Crippen LogP contribution in [-0.2, 0) is 9.53 Å². The largest absolute Gasteiger partial charge is 0.375 e. The first kappa shape index (κ1) is 10.5. The third kappa shape index (κ3) is 2.44. The van der Waals surface area contributed by atoms with Crippen LogP contribution in [-0.4, -0.2) is 37.1 Å².